The Bertz CT molecular complexity index is 1420. The van der Waals surface area contributed by atoms with Gasteiger partial charge in [0.15, 0.2) is 0 Å². The van der Waals surface area contributed by atoms with Crippen LogP contribution in [0.5, 0.6) is 5.75 Å². The highest BCUT2D eigenvalue weighted by molar-refractivity contribution is 9.10. The third-order valence-corrected chi connectivity index (χ3v) is 6.53. The van der Waals surface area contributed by atoms with Crippen LogP contribution in [0.25, 0.3) is 6.08 Å². The van der Waals surface area contributed by atoms with Crippen molar-refractivity contribution in [3.63, 3.8) is 0 Å². The molecule has 36 heavy (non-hydrogen) atoms. The van der Waals surface area contributed by atoms with Crippen LogP contribution in [-0.4, -0.2) is 24.5 Å². The molecule has 8 heteroatoms. The van der Waals surface area contributed by atoms with Crippen molar-refractivity contribution < 1.29 is 23.5 Å². The summed E-state index contributed by atoms with van der Waals surface area (Å²) in [6.07, 6.45) is 1.70. The Balaban J connectivity index is 1.75. The molecule has 0 spiro atoms. The van der Waals surface area contributed by atoms with Crippen LogP contribution in [0, 0.1) is 19.7 Å². The van der Waals surface area contributed by atoms with Gasteiger partial charge in [-0.1, -0.05) is 46.3 Å². The topological polar surface area (TPSA) is 75.7 Å². The number of anilines is 1. The third-order valence-electron chi connectivity index (χ3n) is 5.82. The van der Waals surface area contributed by atoms with Gasteiger partial charge in [0, 0.05) is 16.5 Å². The molecule has 0 unspecified atom stereocenters. The molecule has 1 aliphatic rings. The summed E-state index contributed by atoms with van der Waals surface area (Å²) in [5.74, 6) is -1.33. The van der Waals surface area contributed by atoms with E-state index in [0.717, 1.165) is 21.6 Å². The third kappa shape index (κ3) is 5.09. The number of nitrogens with zero attached hydrogens (tertiary/aromatic N) is 1. The summed E-state index contributed by atoms with van der Waals surface area (Å²) >= 11 is 3.54. The molecule has 184 valence electrons. The van der Waals surface area contributed by atoms with Gasteiger partial charge >= 0.3 is 6.03 Å². The summed E-state index contributed by atoms with van der Waals surface area (Å²) in [6, 6.07) is 14.5. The number of ether oxygens (including phenoxy) is 1. The monoisotopic (exact) mass is 550 g/mol. The number of aryl methyl sites for hydroxylation is 2. The van der Waals surface area contributed by atoms with Gasteiger partial charge in [-0.2, -0.15) is 0 Å². The minimum Gasteiger partial charge on any atom is -0.494 e. The van der Waals surface area contributed by atoms with Crippen molar-refractivity contribution in [1.82, 2.24) is 5.32 Å². The minimum atomic E-state index is -0.799. The van der Waals surface area contributed by atoms with Crippen LogP contribution in [0.4, 0.5) is 14.9 Å². The first-order chi connectivity index (χ1) is 17.2. The normalized spacial score (nSPS) is 14.9. The number of urea groups is 1. The fourth-order valence-electron chi connectivity index (χ4n) is 4.01. The van der Waals surface area contributed by atoms with Crippen molar-refractivity contribution in [2.24, 2.45) is 0 Å². The molecule has 0 bridgehead atoms. The fourth-order valence-corrected chi connectivity index (χ4v) is 4.61. The number of barbiturate groups is 1. The van der Waals surface area contributed by atoms with Gasteiger partial charge in [-0.25, -0.2) is 14.1 Å². The van der Waals surface area contributed by atoms with Gasteiger partial charge in [-0.3, -0.25) is 14.9 Å². The molecular formula is C28H24BrFN2O4. The Kier molecular flexibility index (Phi) is 7.35. The average Bonchev–Trinajstić information content (AvgIpc) is 2.82. The fraction of sp³-hybridized carbons (Fsp3) is 0.179. The van der Waals surface area contributed by atoms with Gasteiger partial charge in [0.05, 0.1) is 12.3 Å². The zero-order valence-electron chi connectivity index (χ0n) is 20.0. The summed E-state index contributed by atoms with van der Waals surface area (Å²) < 4.78 is 20.7. The summed E-state index contributed by atoms with van der Waals surface area (Å²) in [6.45, 7) is 5.84. The number of rotatable bonds is 6. The van der Waals surface area contributed by atoms with E-state index in [9.17, 15) is 18.8 Å². The molecule has 1 saturated heterocycles. The lowest BCUT2D eigenvalue weighted by molar-refractivity contribution is -0.122. The van der Waals surface area contributed by atoms with Crippen molar-refractivity contribution in [3.8, 4) is 5.75 Å². The SMILES string of the molecule is CCOc1cc(/C=C2\C(=O)NC(=O)N(c3cc(C)ccc3C)C2=O)cc(Br)c1Cc1ccccc1F. The number of benzene rings is 3. The number of carbonyl (C=O) groups is 3. The molecule has 0 radical (unpaired) electrons. The zero-order valence-corrected chi connectivity index (χ0v) is 21.6. The first-order valence-electron chi connectivity index (χ1n) is 11.4. The van der Waals surface area contributed by atoms with Crippen LogP contribution in [0.1, 0.15) is 34.7 Å². The van der Waals surface area contributed by atoms with E-state index in [4.69, 9.17) is 4.74 Å². The van der Waals surface area contributed by atoms with Crippen LogP contribution in [0.3, 0.4) is 0 Å². The van der Waals surface area contributed by atoms with Crippen LogP contribution in [0.2, 0.25) is 0 Å². The molecule has 0 saturated carbocycles. The van der Waals surface area contributed by atoms with Gasteiger partial charge in [-0.15, -0.1) is 0 Å². The largest absolute Gasteiger partial charge is 0.494 e. The van der Waals surface area contributed by atoms with Crippen molar-refractivity contribution >= 4 is 45.5 Å². The molecule has 3 aromatic rings. The van der Waals surface area contributed by atoms with Gasteiger partial charge in [0.1, 0.15) is 17.1 Å². The number of hydrogen-bond acceptors (Lipinski definition) is 4. The lowest BCUT2D eigenvalue weighted by Crippen LogP contribution is -2.54. The molecule has 4 rings (SSSR count). The van der Waals surface area contributed by atoms with Crippen molar-refractivity contribution in [2.45, 2.75) is 27.2 Å². The Morgan fingerprint density at radius 1 is 1.06 bits per heavy atom. The lowest BCUT2D eigenvalue weighted by Gasteiger charge is -2.28. The van der Waals surface area contributed by atoms with E-state index < -0.39 is 17.8 Å². The molecule has 1 fully saturated rings. The minimum absolute atomic E-state index is 0.188. The van der Waals surface area contributed by atoms with Gasteiger partial charge in [-0.05, 0) is 73.4 Å². The standard InChI is InChI=1S/C28H24BrFN2O4/c1-4-36-25-14-18(13-22(29)20(25)15-19-7-5-6-8-23(19)30)12-21-26(33)31-28(35)32(27(21)34)24-11-16(2)9-10-17(24)3/h5-14H,4,15H2,1-3H3,(H,31,33,35)/b21-12+. The van der Waals surface area contributed by atoms with Crippen LogP contribution >= 0.6 is 15.9 Å². The van der Waals surface area contributed by atoms with Gasteiger partial charge in [0.25, 0.3) is 11.8 Å². The summed E-state index contributed by atoms with van der Waals surface area (Å²) in [7, 11) is 0. The molecule has 0 aromatic heterocycles. The van der Waals surface area contributed by atoms with Crippen LogP contribution in [0.15, 0.2) is 64.6 Å². The summed E-state index contributed by atoms with van der Waals surface area (Å²) in [4.78, 5) is 39.6. The molecule has 1 N–H and O–H groups in total. The van der Waals surface area contributed by atoms with E-state index in [1.54, 1.807) is 43.3 Å². The maximum absolute atomic E-state index is 14.3. The van der Waals surface area contributed by atoms with Crippen LogP contribution in [-0.2, 0) is 16.0 Å². The van der Waals surface area contributed by atoms with Crippen molar-refractivity contribution in [3.05, 3.63) is 98.3 Å². The smallest absolute Gasteiger partial charge is 0.335 e. The van der Waals surface area contributed by atoms with E-state index in [1.165, 1.54) is 12.1 Å². The van der Waals surface area contributed by atoms with Gasteiger partial charge < -0.3 is 4.74 Å². The lowest BCUT2D eigenvalue weighted by atomic mass is 10.00. The number of halogens is 2. The van der Waals surface area contributed by atoms with Gasteiger partial charge in [0.2, 0.25) is 0 Å². The Labute approximate surface area is 216 Å². The molecule has 1 aliphatic heterocycles. The Hall–Kier alpha value is -3.78. The van der Waals surface area contributed by atoms with Crippen molar-refractivity contribution in [2.75, 3.05) is 11.5 Å². The van der Waals surface area contributed by atoms with E-state index in [-0.39, 0.29) is 17.8 Å². The zero-order chi connectivity index (χ0) is 26.0. The maximum Gasteiger partial charge on any atom is 0.335 e. The number of hydrogen-bond donors (Lipinski definition) is 1. The molecule has 4 amide bonds. The first kappa shape index (κ1) is 25.3. The highest BCUT2D eigenvalue weighted by atomic mass is 79.9. The second-order valence-corrected chi connectivity index (χ2v) is 9.28. The van der Waals surface area contributed by atoms with E-state index in [1.807, 2.05) is 26.0 Å². The Morgan fingerprint density at radius 2 is 1.81 bits per heavy atom. The maximum atomic E-state index is 14.3. The summed E-state index contributed by atoms with van der Waals surface area (Å²) in [5.41, 5.74) is 3.56. The average molecular weight is 551 g/mol. The molecule has 0 aliphatic carbocycles. The number of carbonyl (C=O) groups excluding carboxylic acids is 3. The van der Waals surface area contributed by atoms with E-state index in [2.05, 4.69) is 21.2 Å². The number of amides is 4. The van der Waals surface area contributed by atoms with E-state index in [0.29, 0.717) is 33.6 Å². The van der Waals surface area contributed by atoms with Crippen LogP contribution < -0.4 is 15.0 Å². The highest BCUT2D eigenvalue weighted by Gasteiger charge is 2.37. The molecule has 0 atom stereocenters. The summed E-state index contributed by atoms with van der Waals surface area (Å²) in [5, 5.41) is 2.25. The number of nitrogens with one attached hydrogen (secondary N) is 1. The second kappa shape index (κ2) is 10.5. The van der Waals surface area contributed by atoms with Crippen molar-refractivity contribution in [1.29, 1.82) is 0 Å². The van der Waals surface area contributed by atoms with E-state index >= 15 is 0 Å². The number of imide groups is 2. The highest BCUT2D eigenvalue weighted by Crippen LogP contribution is 2.33. The molecule has 3 aromatic carbocycles. The molecular weight excluding hydrogens is 527 g/mol. The first-order valence-corrected chi connectivity index (χ1v) is 12.2. The second-order valence-electron chi connectivity index (χ2n) is 8.43. The quantitative estimate of drug-likeness (QED) is 0.308. The molecule has 1 heterocycles. The predicted molar refractivity (Wildman–Crippen MR) is 139 cm³/mol. The predicted octanol–water partition coefficient (Wildman–Crippen LogP) is 5.86. The Morgan fingerprint density at radius 3 is 2.53 bits per heavy atom. The molecule has 6 nitrogen and oxygen atoms in total.